The van der Waals surface area contributed by atoms with E-state index in [9.17, 15) is 0 Å². The molecule has 2 rings (SSSR count). The number of H-pyrrole nitrogens is 1. The molecule has 0 amide bonds. The van der Waals surface area contributed by atoms with Crippen molar-refractivity contribution in [2.75, 3.05) is 0 Å². The molecule has 0 aliphatic heterocycles. The van der Waals surface area contributed by atoms with Crippen LogP contribution in [-0.4, -0.2) is 9.97 Å². The molecule has 0 atom stereocenters. The molecule has 2 aromatic rings. The van der Waals surface area contributed by atoms with Gasteiger partial charge in [0.25, 0.3) is 0 Å². The van der Waals surface area contributed by atoms with Gasteiger partial charge in [0.15, 0.2) is 0 Å². The van der Waals surface area contributed by atoms with Crippen molar-refractivity contribution < 1.29 is 0 Å². The average Bonchev–Trinajstić information content (AvgIpc) is 2.67. The number of hydrogen-bond acceptors (Lipinski definition) is 1. The van der Waals surface area contributed by atoms with Gasteiger partial charge in [0, 0.05) is 22.8 Å². The number of alkyl halides is 1. The van der Waals surface area contributed by atoms with Crippen molar-refractivity contribution in [3.05, 3.63) is 42.2 Å². The van der Waals surface area contributed by atoms with Gasteiger partial charge >= 0.3 is 0 Å². The molecule has 0 unspecified atom stereocenters. The fourth-order valence-electron chi connectivity index (χ4n) is 1.17. The Kier molecular flexibility index (Phi) is 2.45. The van der Waals surface area contributed by atoms with E-state index in [4.69, 9.17) is 0 Å². The Morgan fingerprint density at radius 1 is 1.23 bits per heavy atom. The van der Waals surface area contributed by atoms with Crippen molar-refractivity contribution in [2.45, 2.75) is 5.33 Å². The maximum atomic E-state index is 4.27. The summed E-state index contributed by atoms with van der Waals surface area (Å²) in [6, 6.07) is 10.1. The summed E-state index contributed by atoms with van der Waals surface area (Å²) in [5.41, 5.74) is 2.22. The molecule has 0 saturated carbocycles. The first-order valence-corrected chi connectivity index (χ1v) is 5.17. The van der Waals surface area contributed by atoms with E-state index in [1.165, 1.54) is 0 Å². The Labute approximate surface area is 85.1 Å². The van der Waals surface area contributed by atoms with E-state index >= 15 is 0 Å². The highest BCUT2D eigenvalue weighted by molar-refractivity contribution is 9.08. The second kappa shape index (κ2) is 3.75. The third-order valence-corrected chi connectivity index (χ3v) is 2.42. The zero-order valence-electron chi connectivity index (χ0n) is 7.00. The topological polar surface area (TPSA) is 28.7 Å². The first kappa shape index (κ1) is 8.51. The number of halogens is 1. The van der Waals surface area contributed by atoms with E-state index in [0.29, 0.717) is 0 Å². The van der Waals surface area contributed by atoms with E-state index in [1.807, 2.05) is 36.5 Å². The van der Waals surface area contributed by atoms with Crippen LogP contribution in [0.4, 0.5) is 0 Å². The van der Waals surface area contributed by atoms with Crippen molar-refractivity contribution in [3.8, 4) is 11.4 Å². The second-order valence-corrected chi connectivity index (χ2v) is 3.32. The molecule has 1 aromatic heterocycles. The van der Waals surface area contributed by atoms with Crippen LogP contribution >= 0.6 is 15.9 Å². The highest BCUT2D eigenvalue weighted by Gasteiger charge is 2.00. The fourth-order valence-corrected chi connectivity index (χ4v) is 1.45. The zero-order chi connectivity index (χ0) is 9.10. The summed E-state index contributed by atoms with van der Waals surface area (Å²) in [4.78, 5) is 7.49. The Morgan fingerprint density at radius 2 is 2.00 bits per heavy atom. The molecule has 3 heteroatoms. The zero-order valence-corrected chi connectivity index (χ0v) is 8.58. The summed E-state index contributed by atoms with van der Waals surface area (Å²) < 4.78 is 0. The van der Waals surface area contributed by atoms with E-state index in [-0.39, 0.29) is 0 Å². The number of aromatic nitrogens is 2. The Bertz CT molecular complexity index is 381. The molecule has 0 spiro atoms. The lowest BCUT2D eigenvalue weighted by atomic mass is 10.2. The number of benzene rings is 1. The molecule has 0 aliphatic carbocycles. The minimum atomic E-state index is 0.812. The van der Waals surface area contributed by atoms with Crippen LogP contribution in [-0.2, 0) is 5.33 Å². The van der Waals surface area contributed by atoms with Crippen LogP contribution in [0.2, 0.25) is 0 Å². The summed E-state index contributed by atoms with van der Waals surface area (Å²) >= 11 is 3.37. The predicted molar refractivity (Wildman–Crippen MR) is 56.7 cm³/mol. The van der Waals surface area contributed by atoms with Crippen LogP contribution in [0.1, 0.15) is 5.69 Å². The summed E-state index contributed by atoms with van der Waals surface area (Å²) in [5, 5.41) is 0.812. The molecule has 1 N–H and O–H groups in total. The fraction of sp³-hybridized carbons (Fsp3) is 0.100. The van der Waals surface area contributed by atoms with Crippen LogP contribution in [0.15, 0.2) is 36.5 Å². The van der Waals surface area contributed by atoms with Crippen LogP contribution in [0, 0.1) is 0 Å². The summed E-state index contributed by atoms with van der Waals surface area (Å²) in [6.45, 7) is 0. The Balaban J connectivity index is 2.36. The number of rotatable bonds is 2. The molecule has 0 radical (unpaired) electrons. The predicted octanol–water partition coefficient (Wildman–Crippen LogP) is 2.97. The van der Waals surface area contributed by atoms with Crippen molar-refractivity contribution >= 4 is 15.9 Å². The number of hydrogen-bond donors (Lipinski definition) is 1. The molecule has 2 nitrogen and oxygen atoms in total. The van der Waals surface area contributed by atoms with Gasteiger partial charge in [0.1, 0.15) is 5.82 Å². The normalized spacial score (nSPS) is 10.2. The third kappa shape index (κ3) is 1.80. The Morgan fingerprint density at radius 3 is 2.62 bits per heavy atom. The van der Waals surface area contributed by atoms with Gasteiger partial charge in [0.2, 0.25) is 0 Å². The van der Waals surface area contributed by atoms with Crippen molar-refractivity contribution in [3.63, 3.8) is 0 Å². The Hall–Kier alpha value is -1.09. The van der Waals surface area contributed by atoms with Crippen LogP contribution < -0.4 is 0 Å². The van der Waals surface area contributed by atoms with Gasteiger partial charge < -0.3 is 4.98 Å². The van der Waals surface area contributed by atoms with Gasteiger partial charge in [-0.25, -0.2) is 4.98 Å². The standard InChI is InChI=1S/C10H9BrN2/c11-6-9-7-12-10(13-9)8-4-2-1-3-5-8/h1-5,7H,6H2,(H,12,13). The minimum absolute atomic E-state index is 0.812. The van der Waals surface area contributed by atoms with E-state index in [0.717, 1.165) is 22.4 Å². The van der Waals surface area contributed by atoms with Gasteiger partial charge in [-0.3, -0.25) is 0 Å². The number of nitrogens with zero attached hydrogens (tertiary/aromatic N) is 1. The molecule has 13 heavy (non-hydrogen) atoms. The van der Waals surface area contributed by atoms with Gasteiger partial charge in [-0.15, -0.1) is 0 Å². The molecular formula is C10H9BrN2. The molecule has 1 aromatic carbocycles. The highest BCUT2D eigenvalue weighted by atomic mass is 79.9. The lowest BCUT2D eigenvalue weighted by Crippen LogP contribution is -1.79. The molecule has 1 heterocycles. The molecular weight excluding hydrogens is 228 g/mol. The van der Waals surface area contributed by atoms with Crippen LogP contribution in [0.25, 0.3) is 11.4 Å². The quantitative estimate of drug-likeness (QED) is 0.799. The van der Waals surface area contributed by atoms with E-state index in [1.54, 1.807) is 0 Å². The molecule has 0 fully saturated rings. The second-order valence-electron chi connectivity index (χ2n) is 2.76. The van der Waals surface area contributed by atoms with Gasteiger partial charge in [-0.2, -0.15) is 0 Å². The summed E-state index contributed by atoms with van der Waals surface area (Å²) in [6.07, 6.45) is 1.84. The molecule has 66 valence electrons. The lowest BCUT2D eigenvalue weighted by Gasteiger charge is -1.94. The maximum absolute atomic E-state index is 4.27. The lowest BCUT2D eigenvalue weighted by molar-refractivity contribution is 1.24. The van der Waals surface area contributed by atoms with Crippen LogP contribution in [0.5, 0.6) is 0 Å². The van der Waals surface area contributed by atoms with Crippen molar-refractivity contribution in [1.29, 1.82) is 0 Å². The summed E-state index contributed by atoms with van der Waals surface area (Å²) in [5.74, 6) is 0.926. The SMILES string of the molecule is BrCc1cnc(-c2ccccc2)[nH]1. The molecule has 0 bridgehead atoms. The molecule has 0 aliphatic rings. The first-order valence-electron chi connectivity index (χ1n) is 4.05. The van der Waals surface area contributed by atoms with Gasteiger partial charge in [-0.05, 0) is 0 Å². The van der Waals surface area contributed by atoms with Crippen molar-refractivity contribution in [1.82, 2.24) is 9.97 Å². The maximum Gasteiger partial charge on any atom is 0.137 e. The first-order chi connectivity index (χ1) is 6.40. The monoisotopic (exact) mass is 236 g/mol. The molecule has 0 saturated heterocycles. The largest absolute Gasteiger partial charge is 0.341 e. The summed E-state index contributed by atoms with van der Waals surface area (Å²) in [7, 11) is 0. The van der Waals surface area contributed by atoms with E-state index in [2.05, 4.69) is 25.9 Å². The third-order valence-electron chi connectivity index (χ3n) is 1.82. The van der Waals surface area contributed by atoms with Crippen LogP contribution in [0.3, 0.4) is 0 Å². The van der Waals surface area contributed by atoms with Gasteiger partial charge in [-0.1, -0.05) is 46.3 Å². The van der Waals surface area contributed by atoms with Gasteiger partial charge in [0.05, 0.1) is 0 Å². The highest BCUT2D eigenvalue weighted by Crippen LogP contribution is 2.15. The number of imidazole rings is 1. The number of aromatic amines is 1. The van der Waals surface area contributed by atoms with E-state index < -0.39 is 0 Å². The number of nitrogens with one attached hydrogen (secondary N) is 1. The van der Waals surface area contributed by atoms with Crippen molar-refractivity contribution in [2.24, 2.45) is 0 Å². The smallest absolute Gasteiger partial charge is 0.137 e. The minimum Gasteiger partial charge on any atom is -0.341 e. The average molecular weight is 237 g/mol.